The molecule has 0 aliphatic carbocycles. The van der Waals surface area contributed by atoms with E-state index in [1.807, 2.05) is 36.2 Å². The monoisotopic (exact) mass is 343 g/mol. The molecule has 7 heteroatoms. The van der Waals surface area contributed by atoms with E-state index in [2.05, 4.69) is 21.2 Å². The maximum atomic E-state index is 13.9. The number of rotatable bonds is 2. The number of aryl methyl sites for hydroxylation is 1. The molecule has 2 aromatic heterocycles. The van der Waals surface area contributed by atoms with Gasteiger partial charge in [-0.1, -0.05) is 23.5 Å². The van der Waals surface area contributed by atoms with E-state index < -0.39 is 6.17 Å². The molecule has 3 aromatic rings. The van der Waals surface area contributed by atoms with Gasteiger partial charge >= 0.3 is 0 Å². The molecule has 2 N–H and O–H groups in total. The summed E-state index contributed by atoms with van der Waals surface area (Å²) in [5.74, 6) is 0.794. The number of fused-ring (bicyclic) bond motifs is 1. The highest BCUT2D eigenvalue weighted by Crippen LogP contribution is 2.29. The molecule has 2 atom stereocenters. The van der Waals surface area contributed by atoms with Crippen molar-refractivity contribution in [2.24, 2.45) is 5.73 Å². The molecule has 1 aromatic carbocycles. The van der Waals surface area contributed by atoms with Gasteiger partial charge in [0.1, 0.15) is 22.0 Å². The van der Waals surface area contributed by atoms with E-state index >= 15 is 0 Å². The molecule has 3 heterocycles. The molecule has 1 saturated heterocycles. The van der Waals surface area contributed by atoms with Crippen LogP contribution < -0.4 is 10.6 Å². The normalized spacial score (nSPS) is 21.4. The van der Waals surface area contributed by atoms with Crippen molar-refractivity contribution in [2.45, 2.75) is 25.6 Å². The second-order valence-corrected chi connectivity index (χ2v) is 7.33. The number of piperidine rings is 1. The van der Waals surface area contributed by atoms with Gasteiger partial charge in [0.05, 0.1) is 6.54 Å². The average molecular weight is 343 g/mol. The number of alkyl halides is 1. The highest BCUT2D eigenvalue weighted by molar-refractivity contribution is 7.14. The van der Waals surface area contributed by atoms with E-state index in [9.17, 15) is 4.39 Å². The van der Waals surface area contributed by atoms with Crippen LogP contribution in [0, 0.1) is 6.92 Å². The van der Waals surface area contributed by atoms with Crippen molar-refractivity contribution in [1.29, 1.82) is 0 Å². The Morgan fingerprint density at radius 3 is 2.88 bits per heavy atom. The Hall–Kier alpha value is -2.12. The van der Waals surface area contributed by atoms with Crippen molar-refractivity contribution in [3.63, 3.8) is 0 Å². The fraction of sp³-hybridized carbons (Fsp3) is 0.353. The zero-order valence-corrected chi connectivity index (χ0v) is 14.1. The molecule has 1 fully saturated rings. The second-order valence-electron chi connectivity index (χ2n) is 6.15. The van der Waals surface area contributed by atoms with Gasteiger partial charge in [0, 0.05) is 29.7 Å². The topological polar surface area (TPSA) is 67.9 Å². The quantitative estimate of drug-likeness (QED) is 0.775. The highest BCUT2D eigenvalue weighted by atomic mass is 32.1. The predicted molar refractivity (Wildman–Crippen MR) is 95.1 cm³/mol. The van der Waals surface area contributed by atoms with Gasteiger partial charge in [-0.3, -0.25) is 0 Å². The van der Waals surface area contributed by atoms with Crippen LogP contribution >= 0.6 is 11.3 Å². The Bertz CT molecular complexity index is 880. The van der Waals surface area contributed by atoms with Crippen LogP contribution in [0.2, 0.25) is 0 Å². The van der Waals surface area contributed by atoms with Crippen molar-refractivity contribution in [2.75, 3.05) is 18.0 Å². The standard InChI is InChI=1S/C17H18FN5S/c1-10-21-22-17(24-10)11-2-3-12-8-20-16(7-13(12)6-11)23-5-4-15(19)14(18)9-23/h2-3,6-8,14-15H,4-5,9,19H2,1H3/t14-,15-/m1/s1. The predicted octanol–water partition coefficient (Wildman–Crippen LogP) is 2.94. The number of aromatic nitrogens is 3. The number of hydrogen-bond donors (Lipinski definition) is 1. The molecule has 0 saturated carbocycles. The lowest BCUT2D eigenvalue weighted by Crippen LogP contribution is -2.48. The Kier molecular flexibility index (Phi) is 3.90. The van der Waals surface area contributed by atoms with Crippen LogP contribution in [-0.4, -0.2) is 40.5 Å². The summed E-state index contributed by atoms with van der Waals surface area (Å²) in [5.41, 5.74) is 6.80. The van der Waals surface area contributed by atoms with E-state index in [4.69, 9.17) is 5.73 Å². The van der Waals surface area contributed by atoms with Gasteiger partial charge in [0.2, 0.25) is 0 Å². The van der Waals surface area contributed by atoms with Gasteiger partial charge < -0.3 is 10.6 Å². The Morgan fingerprint density at radius 1 is 1.25 bits per heavy atom. The van der Waals surface area contributed by atoms with Crippen molar-refractivity contribution >= 4 is 27.9 Å². The fourth-order valence-corrected chi connectivity index (χ4v) is 3.67. The summed E-state index contributed by atoms with van der Waals surface area (Å²) in [6.07, 6.45) is 1.47. The van der Waals surface area contributed by atoms with E-state index in [1.54, 1.807) is 11.3 Å². The summed E-state index contributed by atoms with van der Waals surface area (Å²) in [7, 11) is 0. The molecule has 0 spiro atoms. The van der Waals surface area contributed by atoms with Crippen molar-refractivity contribution in [3.05, 3.63) is 35.5 Å². The first-order valence-corrected chi connectivity index (χ1v) is 8.77. The minimum absolute atomic E-state index is 0.301. The van der Waals surface area contributed by atoms with Crippen molar-refractivity contribution in [3.8, 4) is 10.6 Å². The lowest BCUT2D eigenvalue weighted by molar-refractivity contribution is 0.251. The summed E-state index contributed by atoms with van der Waals surface area (Å²) in [4.78, 5) is 6.46. The van der Waals surface area contributed by atoms with Gasteiger partial charge in [-0.2, -0.15) is 0 Å². The van der Waals surface area contributed by atoms with E-state index in [0.717, 1.165) is 38.7 Å². The van der Waals surface area contributed by atoms with Gasteiger partial charge in [-0.05, 0) is 30.9 Å². The van der Waals surface area contributed by atoms with Crippen LogP contribution in [0.1, 0.15) is 11.4 Å². The Morgan fingerprint density at radius 2 is 2.12 bits per heavy atom. The van der Waals surface area contributed by atoms with Crippen LogP contribution in [0.25, 0.3) is 21.3 Å². The largest absolute Gasteiger partial charge is 0.354 e. The van der Waals surface area contributed by atoms with Crippen LogP contribution in [0.15, 0.2) is 30.5 Å². The number of nitrogens with two attached hydrogens (primary N) is 1. The van der Waals surface area contributed by atoms with Gasteiger partial charge in [0.15, 0.2) is 0 Å². The average Bonchev–Trinajstić information content (AvgIpc) is 3.03. The van der Waals surface area contributed by atoms with E-state index in [0.29, 0.717) is 13.0 Å². The van der Waals surface area contributed by atoms with Gasteiger partial charge in [-0.15, -0.1) is 10.2 Å². The number of pyridine rings is 1. The van der Waals surface area contributed by atoms with Crippen molar-refractivity contribution < 1.29 is 4.39 Å². The smallest absolute Gasteiger partial charge is 0.147 e. The Labute approximate surface area is 143 Å². The molecule has 4 rings (SSSR count). The molecule has 5 nitrogen and oxygen atoms in total. The molecule has 24 heavy (non-hydrogen) atoms. The number of anilines is 1. The lowest BCUT2D eigenvalue weighted by atomic mass is 10.0. The molecule has 0 amide bonds. The van der Waals surface area contributed by atoms with Crippen LogP contribution in [0.3, 0.4) is 0 Å². The summed E-state index contributed by atoms with van der Waals surface area (Å²) in [6.45, 7) is 2.98. The van der Waals surface area contributed by atoms with Gasteiger partial charge in [-0.25, -0.2) is 9.37 Å². The summed E-state index contributed by atoms with van der Waals surface area (Å²) < 4.78 is 13.9. The second kappa shape index (κ2) is 6.07. The highest BCUT2D eigenvalue weighted by Gasteiger charge is 2.27. The minimum atomic E-state index is -1.01. The Balaban J connectivity index is 1.69. The zero-order valence-electron chi connectivity index (χ0n) is 13.3. The fourth-order valence-electron chi connectivity index (χ4n) is 2.98. The molecule has 1 aliphatic heterocycles. The third-order valence-corrected chi connectivity index (χ3v) is 5.28. The number of hydrogen-bond acceptors (Lipinski definition) is 6. The first-order valence-electron chi connectivity index (χ1n) is 7.95. The van der Waals surface area contributed by atoms with E-state index in [-0.39, 0.29) is 6.04 Å². The maximum absolute atomic E-state index is 13.9. The third kappa shape index (κ3) is 2.85. The van der Waals surface area contributed by atoms with Gasteiger partial charge in [0.25, 0.3) is 0 Å². The number of benzene rings is 1. The molecule has 1 aliphatic rings. The van der Waals surface area contributed by atoms with Crippen molar-refractivity contribution in [1.82, 2.24) is 15.2 Å². The SMILES string of the molecule is Cc1nnc(-c2ccc3cnc(N4CC[C@@H](N)[C@H](F)C4)cc3c2)s1. The number of halogens is 1. The third-order valence-electron chi connectivity index (χ3n) is 4.40. The minimum Gasteiger partial charge on any atom is -0.354 e. The lowest BCUT2D eigenvalue weighted by Gasteiger charge is -2.33. The first kappa shape index (κ1) is 15.4. The zero-order chi connectivity index (χ0) is 16.7. The molecule has 0 unspecified atom stereocenters. The summed E-state index contributed by atoms with van der Waals surface area (Å²) in [6, 6.07) is 7.79. The summed E-state index contributed by atoms with van der Waals surface area (Å²) >= 11 is 1.57. The van der Waals surface area contributed by atoms with E-state index in [1.165, 1.54) is 0 Å². The first-order chi connectivity index (χ1) is 11.6. The maximum Gasteiger partial charge on any atom is 0.147 e. The molecule has 0 bridgehead atoms. The van der Waals surface area contributed by atoms with Crippen LogP contribution in [-0.2, 0) is 0 Å². The number of nitrogens with zero attached hydrogens (tertiary/aromatic N) is 4. The molecular weight excluding hydrogens is 325 g/mol. The molecule has 124 valence electrons. The van der Waals surface area contributed by atoms with Crippen LogP contribution in [0.4, 0.5) is 10.2 Å². The summed E-state index contributed by atoms with van der Waals surface area (Å²) in [5, 5.41) is 12.2. The molecule has 0 radical (unpaired) electrons. The molecular formula is C17H18FN5S. The van der Waals surface area contributed by atoms with Crippen LogP contribution in [0.5, 0.6) is 0 Å².